The average molecular weight is 803 g/mol. The van der Waals surface area contributed by atoms with Crippen LogP contribution in [0.1, 0.15) is 107 Å². The summed E-state index contributed by atoms with van der Waals surface area (Å²) in [6.45, 7) is 20.9. The molecule has 58 heavy (non-hydrogen) atoms. The molecule has 0 aliphatic carbocycles. The molecule has 4 rings (SSSR count). The van der Waals surface area contributed by atoms with Crippen LogP contribution in [0.3, 0.4) is 0 Å². The smallest absolute Gasteiger partial charge is 0.338 e. The van der Waals surface area contributed by atoms with E-state index in [1.807, 2.05) is 62.4 Å². The van der Waals surface area contributed by atoms with Crippen LogP contribution in [0.5, 0.6) is 0 Å². The quantitative estimate of drug-likeness (QED) is 0.0852. The van der Waals surface area contributed by atoms with Crippen molar-refractivity contribution in [2.45, 2.75) is 107 Å². The number of hydrogen-bond acceptors (Lipinski definition) is 10. The van der Waals surface area contributed by atoms with E-state index in [0.29, 0.717) is 22.5 Å². The van der Waals surface area contributed by atoms with Crippen LogP contribution in [0.2, 0.25) is 0 Å². The van der Waals surface area contributed by atoms with Crippen molar-refractivity contribution in [2.75, 3.05) is 0 Å². The number of aromatic nitrogens is 2. The number of carboxylic acid groups (broad SMARTS) is 4. The van der Waals surface area contributed by atoms with Gasteiger partial charge in [0.2, 0.25) is 0 Å². The van der Waals surface area contributed by atoms with E-state index < -0.39 is 36.1 Å². The van der Waals surface area contributed by atoms with Crippen molar-refractivity contribution in [1.82, 2.24) is 9.97 Å². The molecule has 14 nitrogen and oxygen atoms in total. The van der Waals surface area contributed by atoms with E-state index in [9.17, 15) is 29.4 Å². The zero-order valence-corrected chi connectivity index (χ0v) is 35.0. The predicted molar refractivity (Wildman–Crippen MR) is 222 cm³/mol. The van der Waals surface area contributed by atoms with Gasteiger partial charge in [0.05, 0.1) is 22.5 Å². The first kappa shape index (κ1) is 48.6. The number of benzene rings is 2. The number of aliphatic hydroxyl groups excluding tert-OH is 2. The van der Waals surface area contributed by atoms with Crippen LogP contribution in [0.15, 0.2) is 48.5 Å². The number of aliphatic hydroxyl groups is 2. The topological polar surface area (TPSA) is 267 Å². The maximum Gasteiger partial charge on any atom is 0.338 e. The summed E-state index contributed by atoms with van der Waals surface area (Å²) >= 11 is 0. The van der Waals surface area contributed by atoms with E-state index in [1.165, 1.54) is 0 Å². The highest BCUT2D eigenvalue weighted by Crippen LogP contribution is 2.35. The molecule has 0 saturated carbocycles. The van der Waals surface area contributed by atoms with Crippen LogP contribution in [-0.2, 0) is 35.5 Å². The van der Waals surface area contributed by atoms with Gasteiger partial charge < -0.3 is 42.1 Å². The summed E-state index contributed by atoms with van der Waals surface area (Å²) in [5.74, 6) is -5.47. The summed E-state index contributed by atoms with van der Waals surface area (Å²) in [4.78, 5) is 52.5. The normalized spacial score (nSPS) is 12.3. The maximum atomic E-state index is 11.9. The minimum atomic E-state index is -2.27. The molecule has 2 aromatic carbocycles. The van der Waals surface area contributed by atoms with Gasteiger partial charge in [0.1, 0.15) is 0 Å². The van der Waals surface area contributed by atoms with Gasteiger partial charge >= 0.3 is 23.9 Å². The van der Waals surface area contributed by atoms with Crippen molar-refractivity contribution in [1.29, 1.82) is 0 Å². The molecule has 0 spiro atoms. The van der Waals surface area contributed by atoms with Crippen molar-refractivity contribution in [3.05, 3.63) is 105 Å². The van der Waals surface area contributed by atoms with Gasteiger partial charge in [-0.2, -0.15) is 0 Å². The number of aromatic carboxylic acids is 2. The van der Waals surface area contributed by atoms with Gasteiger partial charge in [-0.1, -0.05) is 101 Å². The number of hydrogen-bond donors (Lipinski definition) is 8. The molecule has 10 N–H and O–H groups in total. The van der Waals surface area contributed by atoms with Crippen LogP contribution >= 0.6 is 0 Å². The number of carbonyl (C=O) groups is 4. The highest BCUT2D eigenvalue weighted by atomic mass is 16.4. The molecule has 0 fully saturated rings. The van der Waals surface area contributed by atoms with Gasteiger partial charge in [-0.15, -0.1) is 0 Å². The predicted octanol–water partition coefficient (Wildman–Crippen LogP) is 6.10. The Morgan fingerprint density at radius 3 is 1.03 bits per heavy atom. The fourth-order valence-electron chi connectivity index (χ4n) is 6.21. The Balaban J connectivity index is 0.000000326. The van der Waals surface area contributed by atoms with Crippen molar-refractivity contribution < 1.29 is 49.8 Å². The molecule has 2 aromatic heterocycles. The molecular formula is C44H58N4O10. The number of carboxylic acids is 4. The summed E-state index contributed by atoms with van der Waals surface area (Å²) < 4.78 is 0. The molecule has 314 valence electrons. The van der Waals surface area contributed by atoms with Crippen LogP contribution in [0.25, 0.3) is 22.3 Å². The summed E-state index contributed by atoms with van der Waals surface area (Å²) in [5.41, 5.74) is 22.6. The fourth-order valence-corrected chi connectivity index (χ4v) is 6.21. The Hall–Kier alpha value is -5.54. The minimum Gasteiger partial charge on any atom is -0.479 e. The minimum absolute atomic E-state index is 0.0403. The number of pyridine rings is 2. The second-order valence-corrected chi connectivity index (χ2v) is 16.5. The van der Waals surface area contributed by atoms with E-state index >= 15 is 0 Å². The van der Waals surface area contributed by atoms with Gasteiger partial charge in [0.25, 0.3) is 0 Å². The van der Waals surface area contributed by atoms with E-state index in [-0.39, 0.29) is 35.0 Å². The third-order valence-electron chi connectivity index (χ3n) is 8.85. The molecule has 0 amide bonds. The van der Waals surface area contributed by atoms with Gasteiger partial charge in [-0.3, -0.25) is 9.97 Å². The van der Waals surface area contributed by atoms with E-state index in [1.54, 1.807) is 13.8 Å². The van der Waals surface area contributed by atoms with E-state index in [0.717, 1.165) is 57.6 Å². The molecule has 0 aliphatic rings. The molecule has 0 aliphatic heterocycles. The Morgan fingerprint density at radius 2 is 0.828 bits per heavy atom. The Bertz CT molecular complexity index is 1950. The number of aliphatic carboxylic acids is 2. The third kappa shape index (κ3) is 13.3. The second-order valence-electron chi connectivity index (χ2n) is 16.5. The van der Waals surface area contributed by atoms with Crippen molar-refractivity contribution in [3.8, 4) is 22.3 Å². The Kier molecular flexibility index (Phi) is 17.0. The van der Waals surface area contributed by atoms with Gasteiger partial charge in [0, 0.05) is 35.6 Å². The monoisotopic (exact) mass is 802 g/mol. The number of aryl methyl sites for hydroxylation is 4. The molecular weight excluding hydrogens is 745 g/mol. The van der Waals surface area contributed by atoms with Gasteiger partial charge in [-0.25, -0.2) is 19.2 Å². The summed E-state index contributed by atoms with van der Waals surface area (Å²) in [7, 11) is 0. The van der Waals surface area contributed by atoms with Crippen molar-refractivity contribution in [3.63, 3.8) is 0 Å². The van der Waals surface area contributed by atoms with E-state index in [2.05, 4.69) is 51.5 Å². The number of rotatable bonds is 11. The highest BCUT2D eigenvalue weighted by Gasteiger charge is 2.30. The summed E-state index contributed by atoms with van der Waals surface area (Å²) in [5, 5.41) is 52.0. The molecule has 14 heteroatoms. The van der Waals surface area contributed by atoms with Gasteiger partial charge in [-0.05, 0) is 73.6 Å². The molecule has 2 heterocycles. The van der Waals surface area contributed by atoms with Crippen LogP contribution in [-0.4, -0.2) is 76.7 Å². The van der Waals surface area contributed by atoms with Crippen molar-refractivity contribution in [2.24, 2.45) is 22.3 Å². The lowest BCUT2D eigenvalue weighted by atomic mass is 9.85. The Morgan fingerprint density at radius 1 is 0.552 bits per heavy atom. The SMILES string of the molecule is Cc1ccc(-c2c(CN)c(CC(C)(C)C)nc(C)c2C(=O)O)cc1.Cc1ccc(-c2c(CN)c(CC(C)(C)C)nc(C)c2C(=O)O)cc1.O=C(O)C(O)C(O)C(=O)O. The first-order chi connectivity index (χ1) is 26.7. The van der Waals surface area contributed by atoms with E-state index in [4.69, 9.17) is 31.9 Å². The molecule has 0 saturated heterocycles. The first-order valence-electron chi connectivity index (χ1n) is 18.6. The lowest BCUT2D eigenvalue weighted by molar-refractivity contribution is -0.165. The largest absolute Gasteiger partial charge is 0.479 e. The van der Waals surface area contributed by atoms with Crippen molar-refractivity contribution >= 4 is 23.9 Å². The van der Waals surface area contributed by atoms with Gasteiger partial charge in [0.15, 0.2) is 12.2 Å². The maximum absolute atomic E-state index is 11.9. The lowest BCUT2D eigenvalue weighted by Crippen LogP contribution is -2.39. The lowest BCUT2D eigenvalue weighted by Gasteiger charge is -2.23. The zero-order chi connectivity index (χ0) is 44.4. The fraction of sp³-hybridized carbons (Fsp3) is 0.409. The number of nitrogens with two attached hydrogens (primary N) is 2. The standard InChI is InChI=1S/2C20H26N2O2.C4H6O6/c2*1-12-6-8-14(9-7-12)18-15(11-21)16(10-20(3,4)5)22-13(2)17(18)19(23)24;5-1(3(7)8)2(6)4(9)10/h2*6-9H,10-11,21H2,1-5H3,(H,23,24);1-2,5-6H,(H,7,8)(H,9,10). The Labute approximate surface area is 339 Å². The first-order valence-corrected chi connectivity index (χ1v) is 18.6. The number of nitrogens with zero attached hydrogens (tertiary/aromatic N) is 2. The molecule has 2 atom stereocenters. The molecule has 4 aromatic rings. The molecule has 0 radical (unpaired) electrons. The molecule has 2 unspecified atom stereocenters. The third-order valence-corrected chi connectivity index (χ3v) is 8.85. The molecule has 0 bridgehead atoms. The average Bonchev–Trinajstić information content (AvgIpc) is 3.10. The summed E-state index contributed by atoms with van der Waals surface area (Å²) in [6.07, 6.45) is -3.03. The van der Waals surface area contributed by atoms with Crippen LogP contribution in [0, 0.1) is 38.5 Å². The second kappa shape index (κ2) is 20.2. The summed E-state index contributed by atoms with van der Waals surface area (Å²) in [6, 6.07) is 15.8. The van der Waals surface area contributed by atoms with Crippen LogP contribution in [0.4, 0.5) is 0 Å². The highest BCUT2D eigenvalue weighted by molar-refractivity contribution is 5.99. The zero-order valence-electron chi connectivity index (χ0n) is 35.0. The van der Waals surface area contributed by atoms with Crippen LogP contribution < -0.4 is 11.5 Å².